The summed E-state index contributed by atoms with van der Waals surface area (Å²) < 4.78 is 4.68. The second-order valence-corrected chi connectivity index (χ2v) is 11.0. The second-order valence-electron chi connectivity index (χ2n) is 10.3. The smallest absolute Gasteiger partial charge is 0.152 e. The molecule has 0 unspecified atom stereocenters. The molecule has 0 aliphatic rings. The van der Waals surface area contributed by atoms with Gasteiger partial charge < -0.3 is 10.2 Å². The SMILES string of the molecule is Cc1ccc(N=Nc2ccc(N=Nc3c(SOOO)cc4cc(-n5nc6ccc7ccccc7c6n5)ccc4c3O)c(O)c2)cc1.[Cu]. The molecule has 0 fully saturated rings. The Morgan fingerprint density at radius 3 is 2.32 bits per heavy atom. The molecule has 0 saturated carbocycles. The molecular weight excluding hydrogens is 670 g/mol. The third-order valence-corrected chi connectivity index (χ3v) is 7.85. The maximum Gasteiger partial charge on any atom is 0.152 e. The summed E-state index contributed by atoms with van der Waals surface area (Å²) in [6, 6.07) is 31.0. The summed E-state index contributed by atoms with van der Waals surface area (Å²) in [5.41, 5.74) is 4.53. The van der Waals surface area contributed by atoms with Crippen LogP contribution in [0.25, 0.3) is 38.3 Å². The van der Waals surface area contributed by atoms with Crippen molar-refractivity contribution in [2.24, 2.45) is 20.5 Å². The van der Waals surface area contributed by atoms with E-state index in [1.165, 1.54) is 16.9 Å². The summed E-state index contributed by atoms with van der Waals surface area (Å²) in [5, 5.41) is 63.6. The van der Waals surface area contributed by atoms with Gasteiger partial charge in [-0.1, -0.05) is 53.1 Å². The number of fused-ring (bicyclic) bond motifs is 4. The third-order valence-electron chi connectivity index (χ3n) is 7.23. The molecule has 0 atom stereocenters. The molecule has 14 heteroatoms. The Kier molecular flexibility index (Phi) is 9.22. The average Bonchev–Trinajstić information content (AvgIpc) is 3.52. The molecule has 3 N–H and O–H groups in total. The van der Waals surface area contributed by atoms with Crippen LogP contribution in [-0.4, -0.2) is 30.5 Å². The van der Waals surface area contributed by atoms with Crippen LogP contribution in [0.1, 0.15) is 5.56 Å². The van der Waals surface area contributed by atoms with Gasteiger partial charge in [0.05, 0.1) is 34.0 Å². The van der Waals surface area contributed by atoms with Gasteiger partial charge in [-0.25, -0.2) is 5.26 Å². The van der Waals surface area contributed by atoms with Crippen molar-refractivity contribution in [3.63, 3.8) is 0 Å². The van der Waals surface area contributed by atoms with Crippen molar-refractivity contribution in [2.75, 3.05) is 0 Å². The molecule has 0 aliphatic carbocycles. The Hall–Kier alpha value is -5.21. The van der Waals surface area contributed by atoms with E-state index in [0.29, 0.717) is 39.9 Å². The van der Waals surface area contributed by atoms with Gasteiger partial charge in [-0.3, -0.25) is 0 Å². The van der Waals surface area contributed by atoms with Gasteiger partial charge >= 0.3 is 0 Å². The molecule has 237 valence electrons. The zero-order valence-electron chi connectivity index (χ0n) is 24.3. The van der Waals surface area contributed by atoms with Crippen molar-refractivity contribution < 1.29 is 41.9 Å². The van der Waals surface area contributed by atoms with Crippen LogP contribution in [0, 0.1) is 6.92 Å². The summed E-state index contributed by atoms with van der Waals surface area (Å²) in [6.07, 6.45) is 0. The summed E-state index contributed by atoms with van der Waals surface area (Å²) >= 11 is 0.616. The van der Waals surface area contributed by atoms with Crippen molar-refractivity contribution in [1.29, 1.82) is 0 Å². The maximum atomic E-state index is 11.3. The quantitative estimate of drug-likeness (QED) is 0.0466. The molecule has 12 nitrogen and oxygen atoms in total. The third kappa shape index (κ3) is 6.55. The van der Waals surface area contributed by atoms with E-state index in [1.807, 2.05) is 67.6 Å². The van der Waals surface area contributed by atoms with E-state index in [-0.39, 0.29) is 44.8 Å². The van der Waals surface area contributed by atoms with E-state index in [9.17, 15) is 10.2 Å². The van der Waals surface area contributed by atoms with E-state index in [2.05, 4.69) is 34.9 Å². The molecule has 1 heterocycles. The van der Waals surface area contributed by atoms with Gasteiger partial charge in [0.1, 0.15) is 28.2 Å². The fourth-order valence-corrected chi connectivity index (χ4v) is 5.42. The van der Waals surface area contributed by atoms with Crippen LogP contribution in [0.15, 0.2) is 128 Å². The van der Waals surface area contributed by atoms with Crippen molar-refractivity contribution >= 4 is 67.4 Å². The fraction of sp³-hybridized carbons (Fsp3) is 0.0303. The first-order chi connectivity index (χ1) is 22.5. The van der Waals surface area contributed by atoms with E-state index in [4.69, 9.17) is 10.4 Å². The number of aromatic nitrogens is 3. The maximum absolute atomic E-state index is 11.3. The molecule has 0 amide bonds. The van der Waals surface area contributed by atoms with Gasteiger partial charge in [0.15, 0.2) is 5.75 Å². The number of phenolic OH excluding ortho intramolecular Hbond substituents is 2. The number of benzene rings is 6. The first kappa shape index (κ1) is 31.8. The zero-order chi connectivity index (χ0) is 31.6. The van der Waals surface area contributed by atoms with Gasteiger partial charge in [-0.15, -0.1) is 24.8 Å². The van der Waals surface area contributed by atoms with E-state index >= 15 is 0 Å². The predicted molar refractivity (Wildman–Crippen MR) is 174 cm³/mol. The van der Waals surface area contributed by atoms with Crippen LogP contribution < -0.4 is 0 Å². The molecule has 1 radical (unpaired) electrons. The van der Waals surface area contributed by atoms with E-state index in [0.717, 1.165) is 27.4 Å². The van der Waals surface area contributed by atoms with Crippen LogP contribution in [0.2, 0.25) is 0 Å². The minimum atomic E-state index is -0.204. The standard InChI is InChI=1S/C33H23N7O5S.Cu/c1-19-6-9-22(10-7-19)34-35-23-11-15-27(29(41)18-23)36-37-32-30(46-45-44-43)17-21-16-24(12-13-26(21)33(32)42)40-38-28-14-8-20-4-2-3-5-25(20)31(28)39-40;/h2-18,41-43H,1H3;. The van der Waals surface area contributed by atoms with Gasteiger partial charge in [-0.05, 0) is 72.3 Å². The van der Waals surface area contributed by atoms with Crippen LogP contribution in [0.3, 0.4) is 0 Å². The Labute approximate surface area is 281 Å². The van der Waals surface area contributed by atoms with Gasteiger partial charge in [0.2, 0.25) is 0 Å². The zero-order valence-corrected chi connectivity index (χ0v) is 26.1. The van der Waals surface area contributed by atoms with Crippen molar-refractivity contribution in [2.45, 2.75) is 11.8 Å². The molecule has 7 aromatic rings. The average molecular weight is 693 g/mol. The van der Waals surface area contributed by atoms with Crippen molar-refractivity contribution in [3.05, 3.63) is 109 Å². The molecule has 0 bridgehead atoms. The van der Waals surface area contributed by atoms with E-state index in [1.54, 1.807) is 30.3 Å². The van der Waals surface area contributed by atoms with Gasteiger partial charge in [0, 0.05) is 33.9 Å². The number of aryl methyl sites for hydroxylation is 1. The van der Waals surface area contributed by atoms with Crippen LogP contribution in [0.5, 0.6) is 11.5 Å². The fourth-order valence-electron chi connectivity index (χ4n) is 4.93. The Morgan fingerprint density at radius 1 is 0.723 bits per heavy atom. The summed E-state index contributed by atoms with van der Waals surface area (Å²) in [7, 11) is 0. The predicted octanol–water partition coefficient (Wildman–Crippen LogP) is 9.70. The summed E-state index contributed by atoms with van der Waals surface area (Å²) in [4.78, 5) is 1.81. The van der Waals surface area contributed by atoms with Gasteiger partial charge in [-0.2, -0.15) is 15.0 Å². The number of rotatable bonds is 8. The monoisotopic (exact) mass is 692 g/mol. The Bertz CT molecular complexity index is 2310. The number of hydrogen-bond acceptors (Lipinski definition) is 12. The number of hydrogen-bond donors (Lipinski definition) is 3. The minimum absolute atomic E-state index is 0. The molecule has 0 aliphatic heterocycles. The second kappa shape index (κ2) is 13.6. The number of aromatic hydroxyl groups is 2. The molecule has 0 spiro atoms. The topological polar surface area (TPSA) is 159 Å². The minimum Gasteiger partial charge on any atom is -0.506 e. The van der Waals surface area contributed by atoms with E-state index < -0.39 is 0 Å². The molecule has 0 saturated heterocycles. The first-order valence-electron chi connectivity index (χ1n) is 13.9. The number of nitrogens with zero attached hydrogens (tertiary/aromatic N) is 7. The number of phenols is 2. The molecule has 1 aromatic heterocycles. The van der Waals surface area contributed by atoms with Gasteiger partial charge in [0.25, 0.3) is 0 Å². The van der Waals surface area contributed by atoms with Crippen LogP contribution in [-0.2, 0) is 26.4 Å². The largest absolute Gasteiger partial charge is 0.506 e. The Balaban J connectivity index is 0.00000386. The first-order valence-corrected chi connectivity index (χ1v) is 14.6. The molecule has 6 aromatic carbocycles. The number of azo groups is 2. The molecular formula is C33H23CuN7O5S. The molecule has 7 rings (SSSR count). The summed E-state index contributed by atoms with van der Waals surface area (Å²) in [6.45, 7) is 1.98. The van der Waals surface area contributed by atoms with Crippen molar-refractivity contribution in [1.82, 2.24) is 15.0 Å². The van der Waals surface area contributed by atoms with Crippen LogP contribution >= 0.6 is 12.0 Å². The van der Waals surface area contributed by atoms with Crippen LogP contribution in [0.4, 0.5) is 22.7 Å². The Morgan fingerprint density at radius 2 is 1.51 bits per heavy atom. The molecule has 47 heavy (non-hydrogen) atoms. The summed E-state index contributed by atoms with van der Waals surface area (Å²) in [5.74, 6) is -0.394. The normalized spacial score (nSPS) is 11.7. The van der Waals surface area contributed by atoms with Crippen molar-refractivity contribution in [3.8, 4) is 17.2 Å².